The van der Waals surface area contributed by atoms with Crippen LogP contribution in [0.4, 0.5) is 9.59 Å². The molecule has 238 valence electrons. The van der Waals surface area contributed by atoms with Gasteiger partial charge in [0, 0.05) is 13.1 Å². The van der Waals surface area contributed by atoms with Crippen LogP contribution >= 0.6 is 15.2 Å². The molecule has 0 aromatic rings. The zero-order valence-corrected chi connectivity index (χ0v) is 28.2. The summed E-state index contributed by atoms with van der Waals surface area (Å²) in [4.78, 5) is 25.2. The summed E-state index contributed by atoms with van der Waals surface area (Å²) in [7, 11) is -7.78. The summed E-state index contributed by atoms with van der Waals surface area (Å²) < 4.78 is 48.0. The zero-order chi connectivity index (χ0) is 30.6. The third-order valence-corrected chi connectivity index (χ3v) is 9.38. The molecule has 12 heteroatoms. The molecule has 10 nitrogen and oxygen atoms in total. The van der Waals surface area contributed by atoms with E-state index in [0.717, 1.165) is 12.8 Å². The van der Waals surface area contributed by atoms with Crippen molar-refractivity contribution in [2.24, 2.45) is 23.7 Å². The number of rotatable bonds is 25. The summed E-state index contributed by atoms with van der Waals surface area (Å²) in [5, 5.41) is 5.38. The van der Waals surface area contributed by atoms with Crippen LogP contribution in [0.25, 0.3) is 0 Å². The average molecular weight is 613 g/mol. The molecule has 0 unspecified atom stereocenters. The fraction of sp³-hybridized carbons (Fsp3) is 0.929. The number of hydrogen-bond acceptors (Lipinski definition) is 8. The Hall–Kier alpha value is -0.760. The normalized spacial score (nSPS) is 12.6. The smallest absolute Gasteiger partial charge is 0.346 e. The third-order valence-electron chi connectivity index (χ3n) is 5.98. The quantitative estimate of drug-likeness (QED) is 0.0774. The van der Waals surface area contributed by atoms with Crippen LogP contribution in [0.15, 0.2) is 0 Å². The van der Waals surface area contributed by atoms with E-state index in [4.69, 9.17) is 18.1 Å². The molecule has 0 aromatic heterocycles. The van der Waals surface area contributed by atoms with Gasteiger partial charge < -0.3 is 28.7 Å². The first-order valence-electron chi connectivity index (χ1n) is 15.1. The predicted molar refractivity (Wildman–Crippen MR) is 162 cm³/mol. The van der Waals surface area contributed by atoms with Crippen molar-refractivity contribution in [1.82, 2.24) is 10.6 Å². The minimum absolute atomic E-state index is 0.203. The summed E-state index contributed by atoms with van der Waals surface area (Å²) in [5.41, 5.74) is -1.39. The van der Waals surface area contributed by atoms with Crippen molar-refractivity contribution in [1.29, 1.82) is 0 Å². The highest BCUT2D eigenvalue weighted by Gasteiger charge is 2.36. The topological polar surface area (TPSA) is 129 Å². The van der Waals surface area contributed by atoms with E-state index in [1.54, 1.807) is 0 Å². The van der Waals surface area contributed by atoms with Crippen molar-refractivity contribution in [3.8, 4) is 0 Å². The second-order valence-corrected chi connectivity index (χ2v) is 15.8. The molecule has 2 amide bonds. The van der Waals surface area contributed by atoms with Gasteiger partial charge in [0.2, 0.25) is 0 Å². The molecule has 0 atom stereocenters. The lowest BCUT2D eigenvalue weighted by Gasteiger charge is -2.19. The Balaban J connectivity index is 4.49. The van der Waals surface area contributed by atoms with Gasteiger partial charge in [-0.3, -0.25) is 9.59 Å². The summed E-state index contributed by atoms with van der Waals surface area (Å²) in [6.07, 6.45) is 5.66. The van der Waals surface area contributed by atoms with Crippen LogP contribution in [0.5, 0.6) is 0 Å². The second-order valence-electron chi connectivity index (χ2n) is 11.9. The number of carbonyl (C=O) groups excluding carboxylic acids is 2. The lowest BCUT2D eigenvalue weighted by molar-refractivity contribution is 0.184. The Labute approximate surface area is 243 Å². The van der Waals surface area contributed by atoms with E-state index in [-0.39, 0.29) is 26.4 Å². The lowest BCUT2D eigenvalue weighted by atomic mass is 10.1. The molecular formula is C28H58N2O8P2. The molecule has 0 spiro atoms. The van der Waals surface area contributed by atoms with Crippen molar-refractivity contribution in [2.75, 3.05) is 39.5 Å². The SMILES string of the molecule is CC(C)CCOP(=O)(OCCC(C)C)C(=O)NCCCCCCNC(=O)P(=O)(OCCC(C)C)OCCC(C)C. The van der Waals surface area contributed by atoms with E-state index in [1.807, 2.05) is 55.4 Å². The van der Waals surface area contributed by atoms with Gasteiger partial charge in [0.25, 0.3) is 0 Å². The van der Waals surface area contributed by atoms with Gasteiger partial charge in [-0.1, -0.05) is 68.2 Å². The fourth-order valence-electron chi connectivity index (χ4n) is 3.13. The maximum absolute atomic E-state index is 13.1. The van der Waals surface area contributed by atoms with E-state index in [9.17, 15) is 18.7 Å². The minimum atomic E-state index is -3.89. The van der Waals surface area contributed by atoms with Crippen LogP contribution in [-0.2, 0) is 27.2 Å². The van der Waals surface area contributed by atoms with Crippen molar-refractivity contribution in [2.45, 2.75) is 107 Å². The number of unbranched alkanes of at least 4 members (excludes halogenated alkanes) is 3. The number of amides is 2. The van der Waals surface area contributed by atoms with Gasteiger partial charge in [-0.2, -0.15) is 0 Å². The molecule has 0 rings (SSSR count). The Kier molecular flexibility index (Phi) is 21.5. The molecule has 40 heavy (non-hydrogen) atoms. The second kappa shape index (κ2) is 21.9. The maximum atomic E-state index is 13.1. The fourth-order valence-corrected chi connectivity index (χ4v) is 5.74. The van der Waals surface area contributed by atoms with Crippen LogP contribution in [0, 0.1) is 23.7 Å². The van der Waals surface area contributed by atoms with E-state index >= 15 is 0 Å². The summed E-state index contributed by atoms with van der Waals surface area (Å²) >= 11 is 0. The summed E-state index contributed by atoms with van der Waals surface area (Å²) in [6, 6.07) is 0. The van der Waals surface area contributed by atoms with Crippen LogP contribution in [0.1, 0.15) is 107 Å². The molecular weight excluding hydrogens is 554 g/mol. The molecule has 0 saturated carbocycles. The predicted octanol–water partition coefficient (Wildman–Crippen LogP) is 8.60. The third kappa shape index (κ3) is 19.4. The molecule has 2 N–H and O–H groups in total. The maximum Gasteiger partial charge on any atom is 0.418 e. The Bertz CT molecular complexity index is 690. The number of nitrogens with one attached hydrogen (secondary N) is 2. The molecule has 0 bridgehead atoms. The van der Waals surface area contributed by atoms with Gasteiger partial charge in [-0.25, -0.2) is 9.13 Å². The van der Waals surface area contributed by atoms with E-state index in [1.165, 1.54) is 0 Å². The molecule has 0 heterocycles. The van der Waals surface area contributed by atoms with Gasteiger partial charge in [0.1, 0.15) is 0 Å². The van der Waals surface area contributed by atoms with Crippen molar-refractivity contribution in [3.05, 3.63) is 0 Å². The van der Waals surface area contributed by atoms with Crippen LogP contribution in [-0.4, -0.2) is 50.8 Å². The van der Waals surface area contributed by atoms with E-state index < -0.39 is 26.5 Å². The van der Waals surface area contributed by atoms with Crippen molar-refractivity contribution < 1.29 is 36.8 Å². The molecule has 0 aliphatic rings. The van der Waals surface area contributed by atoms with Crippen molar-refractivity contribution in [3.63, 3.8) is 0 Å². The van der Waals surface area contributed by atoms with Gasteiger partial charge in [-0.15, -0.1) is 0 Å². The Morgan fingerprint density at radius 3 is 0.975 bits per heavy atom. The monoisotopic (exact) mass is 612 g/mol. The standard InChI is InChI=1S/C28H58N2O8P2/c1-23(2)13-19-35-39(33,36-20-14-24(3)4)27(31)29-17-11-9-10-12-18-30-28(32)40(34,37-21-15-25(5)6)38-22-16-26(7)8/h23-26H,9-22H2,1-8H3,(H,29,31)(H,30,32). The lowest BCUT2D eigenvalue weighted by Crippen LogP contribution is -2.26. The average Bonchev–Trinajstić information content (AvgIpc) is 2.84. The first kappa shape index (κ1) is 39.2. The van der Waals surface area contributed by atoms with E-state index in [2.05, 4.69) is 10.6 Å². The molecule has 0 radical (unpaired) electrons. The Morgan fingerprint density at radius 2 is 0.750 bits per heavy atom. The molecule has 0 fully saturated rings. The van der Waals surface area contributed by atoms with Crippen LogP contribution < -0.4 is 10.6 Å². The highest BCUT2D eigenvalue weighted by molar-refractivity contribution is 7.72. The highest BCUT2D eigenvalue weighted by Crippen LogP contribution is 2.50. The summed E-state index contributed by atoms with van der Waals surface area (Å²) in [5.74, 6) is 1.44. The zero-order valence-electron chi connectivity index (χ0n) is 26.4. The molecule has 0 aliphatic carbocycles. The van der Waals surface area contributed by atoms with Crippen molar-refractivity contribution >= 4 is 26.5 Å². The molecule has 0 aliphatic heterocycles. The Morgan fingerprint density at radius 1 is 0.500 bits per heavy atom. The van der Waals surface area contributed by atoms with Gasteiger partial charge >= 0.3 is 26.5 Å². The number of hydrogen-bond donors (Lipinski definition) is 2. The first-order chi connectivity index (χ1) is 18.7. The van der Waals surface area contributed by atoms with Gasteiger partial charge in [0.05, 0.1) is 26.4 Å². The van der Waals surface area contributed by atoms with E-state index in [0.29, 0.717) is 75.3 Å². The summed E-state index contributed by atoms with van der Waals surface area (Å²) in [6.45, 7) is 17.7. The minimum Gasteiger partial charge on any atom is -0.346 e. The van der Waals surface area contributed by atoms with Gasteiger partial charge in [0.15, 0.2) is 0 Å². The number of carbonyl (C=O) groups is 2. The van der Waals surface area contributed by atoms with Crippen LogP contribution in [0.3, 0.4) is 0 Å². The first-order valence-corrected chi connectivity index (χ1v) is 18.1. The largest absolute Gasteiger partial charge is 0.418 e. The molecule has 0 aromatic carbocycles. The highest BCUT2D eigenvalue weighted by atomic mass is 31.2. The van der Waals surface area contributed by atoms with Gasteiger partial charge in [-0.05, 0) is 62.2 Å². The molecule has 0 saturated heterocycles. The van der Waals surface area contributed by atoms with Crippen LogP contribution in [0.2, 0.25) is 0 Å².